The number of nitrogens with one attached hydrogen (secondary N) is 1. The van der Waals surface area contributed by atoms with Crippen molar-refractivity contribution in [3.63, 3.8) is 0 Å². The van der Waals surface area contributed by atoms with Crippen LogP contribution >= 0.6 is 23.2 Å². The zero-order chi connectivity index (χ0) is 20.1. The first-order chi connectivity index (χ1) is 13.5. The summed E-state index contributed by atoms with van der Waals surface area (Å²) in [7, 11) is 1.62. The van der Waals surface area contributed by atoms with E-state index in [1.165, 1.54) is 0 Å². The molecule has 0 fully saturated rings. The van der Waals surface area contributed by atoms with Crippen LogP contribution in [0.4, 0.5) is 0 Å². The van der Waals surface area contributed by atoms with Crippen molar-refractivity contribution in [2.75, 3.05) is 20.3 Å². The third-order valence-electron chi connectivity index (χ3n) is 4.12. The number of aryl methyl sites for hydroxylation is 1. The van der Waals surface area contributed by atoms with E-state index < -0.39 is 0 Å². The standard InChI is InChI=1S/C20H20Cl2N4O2/c1-13-4-7-16(22)12-17(13)26-19(14-5-8-15(21)9-6-14)24-18(25-26)20(27)23-10-3-11-28-2/h4-9,12H,3,10-11H2,1-2H3,(H,23,27). The molecule has 2 aromatic carbocycles. The van der Waals surface area contributed by atoms with E-state index in [0.29, 0.717) is 35.4 Å². The van der Waals surface area contributed by atoms with Gasteiger partial charge in [-0.05, 0) is 55.3 Å². The molecular weight excluding hydrogens is 399 g/mol. The van der Waals surface area contributed by atoms with E-state index in [9.17, 15) is 4.79 Å². The predicted octanol–water partition coefficient (Wildman–Crippen LogP) is 4.32. The van der Waals surface area contributed by atoms with Gasteiger partial charge in [0.25, 0.3) is 5.91 Å². The first-order valence-corrected chi connectivity index (χ1v) is 9.52. The number of benzene rings is 2. The fourth-order valence-corrected chi connectivity index (χ4v) is 2.96. The monoisotopic (exact) mass is 418 g/mol. The lowest BCUT2D eigenvalue weighted by molar-refractivity contribution is 0.0938. The Bertz CT molecular complexity index is 971. The summed E-state index contributed by atoms with van der Waals surface area (Å²) in [4.78, 5) is 17.0. The average Bonchev–Trinajstić information content (AvgIpc) is 3.13. The first-order valence-electron chi connectivity index (χ1n) is 8.76. The van der Waals surface area contributed by atoms with Gasteiger partial charge >= 0.3 is 0 Å². The molecule has 0 radical (unpaired) electrons. The van der Waals surface area contributed by atoms with Crippen LogP contribution in [-0.2, 0) is 4.74 Å². The number of rotatable bonds is 7. The van der Waals surface area contributed by atoms with Crippen LogP contribution in [0.3, 0.4) is 0 Å². The Morgan fingerprint density at radius 3 is 2.57 bits per heavy atom. The zero-order valence-electron chi connectivity index (χ0n) is 15.6. The number of hydrogen-bond acceptors (Lipinski definition) is 4. The lowest BCUT2D eigenvalue weighted by Crippen LogP contribution is -2.26. The Balaban J connectivity index is 2.01. The molecule has 0 bridgehead atoms. The Hall–Kier alpha value is -2.41. The van der Waals surface area contributed by atoms with Gasteiger partial charge in [-0.2, -0.15) is 0 Å². The fraction of sp³-hybridized carbons (Fsp3) is 0.250. The third kappa shape index (κ3) is 4.70. The molecular formula is C20H20Cl2N4O2. The molecule has 0 unspecified atom stereocenters. The molecule has 3 rings (SSSR count). The van der Waals surface area contributed by atoms with Gasteiger partial charge in [0, 0.05) is 35.9 Å². The summed E-state index contributed by atoms with van der Waals surface area (Å²) in [5, 5.41) is 8.45. The largest absolute Gasteiger partial charge is 0.385 e. The lowest BCUT2D eigenvalue weighted by atomic mass is 10.2. The molecule has 0 saturated heterocycles. The molecule has 8 heteroatoms. The number of methoxy groups -OCH3 is 1. The molecule has 6 nitrogen and oxygen atoms in total. The number of halogens is 2. The molecule has 0 spiro atoms. The van der Waals surface area contributed by atoms with Crippen molar-refractivity contribution >= 4 is 29.1 Å². The van der Waals surface area contributed by atoms with Crippen molar-refractivity contribution in [2.45, 2.75) is 13.3 Å². The van der Waals surface area contributed by atoms with Gasteiger partial charge in [-0.25, -0.2) is 9.67 Å². The SMILES string of the molecule is COCCCNC(=O)c1nc(-c2ccc(Cl)cc2)n(-c2cc(Cl)ccc2C)n1. The first kappa shape index (κ1) is 20.3. The summed E-state index contributed by atoms with van der Waals surface area (Å²) >= 11 is 12.2. The Morgan fingerprint density at radius 2 is 1.86 bits per heavy atom. The number of nitrogens with zero attached hydrogens (tertiary/aromatic N) is 3. The van der Waals surface area contributed by atoms with Gasteiger partial charge in [0.05, 0.1) is 5.69 Å². The van der Waals surface area contributed by atoms with Crippen LogP contribution in [0.25, 0.3) is 17.1 Å². The normalized spacial score (nSPS) is 10.9. The van der Waals surface area contributed by atoms with E-state index in [1.807, 2.05) is 31.2 Å². The highest BCUT2D eigenvalue weighted by Gasteiger charge is 2.19. The Kier molecular flexibility index (Phi) is 6.67. The van der Waals surface area contributed by atoms with E-state index in [2.05, 4.69) is 15.4 Å². The maximum Gasteiger partial charge on any atom is 0.290 e. The second-order valence-electron chi connectivity index (χ2n) is 6.21. The minimum Gasteiger partial charge on any atom is -0.385 e. The zero-order valence-corrected chi connectivity index (χ0v) is 17.1. The molecule has 0 atom stereocenters. The summed E-state index contributed by atoms with van der Waals surface area (Å²) in [6.07, 6.45) is 0.709. The Morgan fingerprint density at radius 1 is 1.14 bits per heavy atom. The molecule has 1 heterocycles. The minimum atomic E-state index is -0.343. The van der Waals surface area contributed by atoms with Crippen LogP contribution in [0, 0.1) is 6.92 Å². The van der Waals surface area contributed by atoms with Gasteiger partial charge in [-0.3, -0.25) is 4.79 Å². The molecule has 1 N–H and O–H groups in total. The van der Waals surface area contributed by atoms with Crippen LogP contribution in [0.5, 0.6) is 0 Å². The van der Waals surface area contributed by atoms with Gasteiger partial charge in [-0.1, -0.05) is 29.3 Å². The van der Waals surface area contributed by atoms with Crippen molar-refractivity contribution in [1.82, 2.24) is 20.1 Å². The Labute approximate surface area is 173 Å². The van der Waals surface area contributed by atoms with Gasteiger partial charge in [0.1, 0.15) is 0 Å². The number of carbonyl (C=O) groups is 1. The molecule has 0 aliphatic carbocycles. The smallest absolute Gasteiger partial charge is 0.290 e. The summed E-state index contributed by atoms with van der Waals surface area (Å²) in [6.45, 7) is 3.00. The van der Waals surface area contributed by atoms with E-state index in [0.717, 1.165) is 16.8 Å². The second-order valence-corrected chi connectivity index (χ2v) is 7.08. The van der Waals surface area contributed by atoms with Crippen LogP contribution in [0.1, 0.15) is 22.6 Å². The fourth-order valence-electron chi connectivity index (χ4n) is 2.67. The molecule has 0 aliphatic heterocycles. The van der Waals surface area contributed by atoms with Crippen molar-refractivity contribution in [3.8, 4) is 17.1 Å². The number of hydrogen-bond donors (Lipinski definition) is 1. The number of ether oxygens (including phenoxy) is 1. The van der Waals surface area contributed by atoms with Crippen molar-refractivity contribution in [2.24, 2.45) is 0 Å². The molecule has 146 valence electrons. The summed E-state index contributed by atoms with van der Waals surface area (Å²) in [5.74, 6) is 0.274. The molecule has 28 heavy (non-hydrogen) atoms. The number of aromatic nitrogens is 3. The van der Waals surface area contributed by atoms with Crippen molar-refractivity contribution in [1.29, 1.82) is 0 Å². The molecule has 0 saturated carbocycles. The molecule has 1 aromatic heterocycles. The maximum absolute atomic E-state index is 12.5. The highest BCUT2D eigenvalue weighted by Crippen LogP contribution is 2.26. The van der Waals surface area contributed by atoms with E-state index in [-0.39, 0.29) is 11.7 Å². The molecule has 1 amide bonds. The highest BCUT2D eigenvalue weighted by atomic mass is 35.5. The quantitative estimate of drug-likeness (QED) is 0.580. The van der Waals surface area contributed by atoms with E-state index >= 15 is 0 Å². The van der Waals surface area contributed by atoms with Crippen LogP contribution in [0.2, 0.25) is 10.0 Å². The minimum absolute atomic E-state index is 0.0849. The van der Waals surface area contributed by atoms with Crippen LogP contribution < -0.4 is 5.32 Å². The van der Waals surface area contributed by atoms with Crippen LogP contribution in [0.15, 0.2) is 42.5 Å². The van der Waals surface area contributed by atoms with Crippen molar-refractivity contribution < 1.29 is 9.53 Å². The number of carbonyl (C=O) groups excluding carboxylic acids is 1. The van der Waals surface area contributed by atoms with Gasteiger partial charge < -0.3 is 10.1 Å². The van der Waals surface area contributed by atoms with Gasteiger partial charge in [-0.15, -0.1) is 5.10 Å². The summed E-state index contributed by atoms with van der Waals surface area (Å²) < 4.78 is 6.63. The molecule has 3 aromatic rings. The van der Waals surface area contributed by atoms with Gasteiger partial charge in [0.2, 0.25) is 5.82 Å². The highest BCUT2D eigenvalue weighted by molar-refractivity contribution is 6.31. The molecule has 0 aliphatic rings. The topological polar surface area (TPSA) is 69.0 Å². The average molecular weight is 419 g/mol. The van der Waals surface area contributed by atoms with Gasteiger partial charge in [0.15, 0.2) is 5.82 Å². The predicted molar refractivity (Wildman–Crippen MR) is 110 cm³/mol. The summed E-state index contributed by atoms with van der Waals surface area (Å²) in [5.41, 5.74) is 2.50. The lowest BCUT2D eigenvalue weighted by Gasteiger charge is -2.09. The number of amides is 1. The van der Waals surface area contributed by atoms with E-state index in [4.69, 9.17) is 27.9 Å². The summed E-state index contributed by atoms with van der Waals surface area (Å²) in [6, 6.07) is 12.7. The van der Waals surface area contributed by atoms with E-state index in [1.54, 1.807) is 30.0 Å². The maximum atomic E-state index is 12.5. The third-order valence-corrected chi connectivity index (χ3v) is 4.61. The van der Waals surface area contributed by atoms with Crippen molar-refractivity contribution in [3.05, 3.63) is 63.9 Å². The second kappa shape index (κ2) is 9.19. The van der Waals surface area contributed by atoms with Crippen LogP contribution in [-0.4, -0.2) is 40.9 Å².